The number of carbonyl (C=O) groups excluding carboxylic acids is 1. The highest BCUT2D eigenvalue weighted by Gasteiger charge is 2.64. The quantitative estimate of drug-likeness (QED) is 0.446. The summed E-state index contributed by atoms with van der Waals surface area (Å²) in [6.45, 7) is 0. The van der Waals surface area contributed by atoms with Crippen molar-refractivity contribution in [1.82, 2.24) is 0 Å². The molecule has 5 rings (SSSR count). The Morgan fingerprint density at radius 3 is 2.35 bits per heavy atom. The number of fused-ring (bicyclic) bond motifs is 3. The summed E-state index contributed by atoms with van der Waals surface area (Å²) >= 11 is 6.43. The van der Waals surface area contributed by atoms with E-state index in [0.717, 1.165) is 17.7 Å². The summed E-state index contributed by atoms with van der Waals surface area (Å²) in [5.74, 6) is -2.90. The number of rotatable bonds is 3. The number of nitriles is 2. The number of ketones is 1. The maximum atomic E-state index is 15.3. The van der Waals surface area contributed by atoms with E-state index < -0.39 is 40.8 Å². The lowest BCUT2D eigenvalue weighted by molar-refractivity contribution is 0.0950. The molecule has 2 aliphatic rings. The minimum Gasteiger partial charge on any atom is -0.351 e. The highest BCUT2D eigenvalue weighted by molar-refractivity contribution is 6.31. The maximum absolute atomic E-state index is 15.3. The first-order valence-corrected chi connectivity index (χ1v) is 10.9. The summed E-state index contributed by atoms with van der Waals surface area (Å²) in [5, 5.41) is 20.8. The second-order valence-electron chi connectivity index (χ2n) is 8.29. The Balaban J connectivity index is 1.83. The fourth-order valence-electron chi connectivity index (χ4n) is 5.14. The molecule has 0 saturated carbocycles. The van der Waals surface area contributed by atoms with Crippen LogP contribution in [-0.2, 0) is 0 Å². The molecule has 3 atom stereocenters. The average molecular weight is 472 g/mol. The van der Waals surface area contributed by atoms with Crippen molar-refractivity contribution in [2.24, 2.45) is 5.41 Å². The smallest absolute Gasteiger partial charge is 0.185 e. The Labute approximate surface area is 199 Å². The van der Waals surface area contributed by atoms with Crippen LogP contribution in [0, 0.1) is 39.7 Å². The van der Waals surface area contributed by atoms with Crippen LogP contribution in [0.15, 0.2) is 72.8 Å². The molecule has 2 heterocycles. The van der Waals surface area contributed by atoms with E-state index in [1.54, 1.807) is 29.2 Å². The number of nitrogens with zero attached hydrogens (tertiary/aromatic N) is 3. The molecule has 2 aliphatic heterocycles. The first-order chi connectivity index (χ1) is 16.4. The van der Waals surface area contributed by atoms with Gasteiger partial charge in [-0.1, -0.05) is 48.0 Å². The van der Waals surface area contributed by atoms with Gasteiger partial charge in [0.15, 0.2) is 11.2 Å². The Kier molecular flexibility index (Phi) is 5.20. The Morgan fingerprint density at radius 2 is 1.68 bits per heavy atom. The van der Waals surface area contributed by atoms with Gasteiger partial charge in [0.1, 0.15) is 17.7 Å². The fourth-order valence-corrected chi connectivity index (χ4v) is 5.42. The van der Waals surface area contributed by atoms with Crippen molar-refractivity contribution < 1.29 is 13.6 Å². The number of anilines is 1. The van der Waals surface area contributed by atoms with Crippen LogP contribution in [0.5, 0.6) is 0 Å². The molecule has 0 N–H and O–H groups in total. The van der Waals surface area contributed by atoms with Crippen LogP contribution in [0.25, 0.3) is 6.08 Å². The third-order valence-electron chi connectivity index (χ3n) is 6.62. The number of Topliss-reactive ketones (excluding diaryl/α,β-unsaturated/α-hetero) is 1. The van der Waals surface area contributed by atoms with Crippen molar-refractivity contribution in [3.63, 3.8) is 0 Å². The number of hydrogen-bond donors (Lipinski definition) is 0. The molecular weight excluding hydrogens is 456 g/mol. The Hall–Kier alpha value is -4.00. The van der Waals surface area contributed by atoms with E-state index in [-0.39, 0.29) is 16.1 Å². The zero-order chi connectivity index (χ0) is 24.0. The molecule has 4 nitrogen and oxygen atoms in total. The average Bonchev–Trinajstić information content (AvgIpc) is 3.14. The minimum atomic E-state index is -1.82. The van der Waals surface area contributed by atoms with Gasteiger partial charge in [0, 0.05) is 21.8 Å². The fraction of sp³-hybridized carbons (Fsp3) is 0.148. The van der Waals surface area contributed by atoms with Gasteiger partial charge in [-0.05, 0) is 48.0 Å². The molecule has 0 radical (unpaired) electrons. The summed E-state index contributed by atoms with van der Waals surface area (Å²) in [5.41, 5.74) is -0.272. The van der Waals surface area contributed by atoms with Crippen LogP contribution in [0.1, 0.15) is 27.4 Å². The van der Waals surface area contributed by atoms with Crippen molar-refractivity contribution in [2.75, 3.05) is 4.90 Å². The molecule has 0 aromatic heterocycles. The molecule has 0 bridgehead atoms. The second-order valence-corrected chi connectivity index (χ2v) is 8.70. The van der Waals surface area contributed by atoms with E-state index in [1.165, 1.54) is 30.3 Å². The summed E-state index contributed by atoms with van der Waals surface area (Å²) in [6, 6.07) is 18.6. The predicted molar refractivity (Wildman–Crippen MR) is 124 cm³/mol. The van der Waals surface area contributed by atoms with Gasteiger partial charge in [0.2, 0.25) is 0 Å². The SMILES string of the molecule is N#CC1(C#N)[C@@H](c2c(F)cccc2Cl)[C@H](C(=O)c2ccc(F)cc2)N2c3ccccc3C=C[C@@H]21. The largest absolute Gasteiger partial charge is 0.351 e. The maximum Gasteiger partial charge on any atom is 0.185 e. The number of hydrogen-bond acceptors (Lipinski definition) is 4. The lowest BCUT2D eigenvalue weighted by Gasteiger charge is -2.35. The zero-order valence-electron chi connectivity index (χ0n) is 17.6. The second kappa shape index (κ2) is 8.09. The van der Waals surface area contributed by atoms with Gasteiger partial charge in [-0.3, -0.25) is 4.79 Å². The standard InChI is InChI=1S/C27H16ClF2N3O/c28-19-5-3-6-20(30)23(19)24-25(26(34)17-8-11-18(29)12-9-17)33-21-7-2-1-4-16(21)10-13-22(33)27(24,14-31)15-32/h1-13,22,24-25H/t22-,24+,25-/m1/s1. The van der Waals surface area contributed by atoms with Crippen molar-refractivity contribution in [3.05, 3.63) is 106 Å². The normalized spacial score (nSPS) is 21.8. The highest BCUT2D eigenvalue weighted by atomic mass is 35.5. The first-order valence-electron chi connectivity index (χ1n) is 10.5. The van der Waals surface area contributed by atoms with Gasteiger partial charge in [-0.25, -0.2) is 8.78 Å². The van der Waals surface area contributed by atoms with Gasteiger partial charge in [-0.15, -0.1) is 0 Å². The molecular formula is C27H16ClF2N3O. The van der Waals surface area contributed by atoms with Crippen LogP contribution < -0.4 is 4.90 Å². The van der Waals surface area contributed by atoms with Crippen LogP contribution in [0.4, 0.5) is 14.5 Å². The third kappa shape index (κ3) is 3.04. The summed E-state index contributed by atoms with van der Waals surface area (Å²) in [7, 11) is 0. The molecule has 0 spiro atoms. The lowest BCUT2D eigenvalue weighted by Crippen LogP contribution is -2.44. The van der Waals surface area contributed by atoms with Crippen molar-refractivity contribution >= 4 is 29.1 Å². The predicted octanol–water partition coefficient (Wildman–Crippen LogP) is 5.90. The molecule has 1 fully saturated rings. The van der Waals surface area contributed by atoms with E-state index in [0.29, 0.717) is 5.69 Å². The van der Waals surface area contributed by atoms with Crippen molar-refractivity contribution in [2.45, 2.75) is 18.0 Å². The van der Waals surface area contributed by atoms with E-state index >= 15 is 4.39 Å². The van der Waals surface area contributed by atoms with Crippen LogP contribution in [0.2, 0.25) is 5.02 Å². The van der Waals surface area contributed by atoms with E-state index in [4.69, 9.17) is 11.6 Å². The number of halogens is 3. The number of benzene rings is 3. The third-order valence-corrected chi connectivity index (χ3v) is 6.95. The molecule has 0 aliphatic carbocycles. The van der Waals surface area contributed by atoms with E-state index in [9.17, 15) is 19.7 Å². The van der Waals surface area contributed by atoms with Crippen LogP contribution >= 0.6 is 11.6 Å². The summed E-state index contributed by atoms with van der Waals surface area (Å²) in [4.78, 5) is 15.7. The van der Waals surface area contributed by atoms with Crippen molar-refractivity contribution in [3.8, 4) is 12.1 Å². The van der Waals surface area contributed by atoms with Gasteiger partial charge in [0.25, 0.3) is 0 Å². The monoisotopic (exact) mass is 471 g/mol. The first kappa shape index (κ1) is 21.8. The molecule has 1 saturated heterocycles. The molecule has 166 valence electrons. The summed E-state index contributed by atoms with van der Waals surface area (Å²) in [6.07, 6.45) is 3.50. The van der Waals surface area contributed by atoms with Gasteiger partial charge in [0.05, 0.1) is 24.1 Å². The van der Waals surface area contributed by atoms with Crippen LogP contribution in [0.3, 0.4) is 0 Å². The summed E-state index contributed by atoms with van der Waals surface area (Å²) < 4.78 is 28.9. The zero-order valence-corrected chi connectivity index (χ0v) is 18.4. The van der Waals surface area contributed by atoms with Gasteiger partial charge >= 0.3 is 0 Å². The molecule has 0 amide bonds. The number of para-hydroxylation sites is 1. The molecule has 3 aromatic carbocycles. The minimum absolute atomic E-state index is 0.0221. The Bertz CT molecular complexity index is 1390. The van der Waals surface area contributed by atoms with E-state index in [1.807, 2.05) is 12.1 Å². The molecule has 3 aromatic rings. The lowest BCUT2D eigenvalue weighted by atomic mass is 9.69. The molecule has 0 unspecified atom stereocenters. The topological polar surface area (TPSA) is 67.9 Å². The van der Waals surface area contributed by atoms with Crippen molar-refractivity contribution in [1.29, 1.82) is 10.5 Å². The van der Waals surface area contributed by atoms with Gasteiger partial charge < -0.3 is 4.90 Å². The molecule has 7 heteroatoms. The highest BCUT2D eigenvalue weighted by Crippen LogP contribution is 2.56. The Morgan fingerprint density at radius 1 is 0.971 bits per heavy atom. The number of carbonyl (C=O) groups is 1. The van der Waals surface area contributed by atoms with Gasteiger partial charge in [-0.2, -0.15) is 10.5 Å². The van der Waals surface area contributed by atoms with Crippen LogP contribution in [-0.4, -0.2) is 17.9 Å². The molecule has 34 heavy (non-hydrogen) atoms. The van der Waals surface area contributed by atoms with E-state index in [2.05, 4.69) is 12.1 Å².